The summed E-state index contributed by atoms with van der Waals surface area (Å²) in [6.45, 7) is 9.06. The van der Waals surface area contributed by atoms with E-state index >= 15 is 0 Å². The number of hydrogen-bond acceptors (Lipinski definition) is 5. The van der Waals surface area contributed by atoms with Gasteiger partial charge in [-0.15, -0.1) is 0 Å². The number of para-hydroxylation sites is 1. The van der Waals surface area contributed by atoms with Gasteiger partial charge >= 0.3 is 12.1 Å². The Morgan fingerprint density at radius 2 is 1.64 bits per heavy atom. The third-order valence-electron chi connectivity index (χ3n) is 7.55. The maximum atomic E-state index is 11.3. The normalized spacial score (nSPS) is 11.2. The second-order valence-corrected chi connectivity index (χ2v) is 10.5. The van der Waals surface area contributed by atoms with Gasteiger partial charge in [0.05, 0.1) is 23.1 Å². The van der Waals surface area contributed by atoms with Crippen LogP contribution in [0.5, 0.6) is 5.75 Å². The largest absolute Gasteiger partial charge is 0.511 e. The van der Waals surface area contributed by atoms with Crippen molar-refractivity contribution in [1.29, 1.82) is 0 Å². The highest BCUT2D eigenvalue weighted by Gasteiger charge is 2.19. The van der Waals surface area contributed by atoms with Gasteiger partial charge < -0.3 is 24.1 Å². The standard InChI is InChI=1S/C33H34N4O5/c1-5-8-29-35-31-20(2)17-25(32-34-21(3)22(4)36(32)16-15-30(38)39)18-27(31)37(29)19-23-11-13-24(14-12-23)26-9-6-7-10-28(26)42-33(40)41/h6-7,9-14,17-18H,5,8,15-16,19H2,1-4H3,(H,38,39)(H,40,41). The van der Waals surface area contributed by atoms with Crippen LogP contribution in [0.4, 0.5) is 4.79 Å². The number of carbonyl (C=O) groups is 2. The van der Waals surface area contributed by atoms with Crippen LogP contribution >= 0.6 is 0 Å². The van der Waals surface area contributed by atoms with Crippen LogP contribution in [0.15, 0.2) is 60.7 Å². The van der Waals surface area contributed by atoms with Gasteiger partial charge in [-0.2, -0.15) is 0 Å². The van der Waals surface area contributed by atoms with E-state index in [1.165, 1.54) is 0 Å². The van der Waals surface area contributed by atoms with Crippen LogP contribution < -0.4 is 4.74 Å². The molecule has 0 aliphatic carbocycles. The zero-order valence-electron chi connectivity index (χ0n) is 24.2. The van der Waals surface area contributed by atoms with Crippen molar-refractivity contribution in [2.75, 3.05) is 0 Å². The van der Waals surface area contributed by atoms with Crippen LogP contribution in [0.2, 0.25) is 0 Å². The van der Waals surface area contributed by atoms with Gasteiger partial charge in [0.2, 0.25) is 0 Å². The molecule has 0 saturated heterocycles. The lowest BCUT2D eigenvalue weighted by Crippen LogP contribution is -2.08. The van der Waals surface area contributed by atoms with Crippen molar-refractivity contribution in [3.63, 3.8) is 0 Å². The van der Waals surface area contributed by atoms with Gasteiger partial charge in [0.25, 0.3) is 0 Å². The van der Waals surface area contributed by atoms with Crippen molar-refractivity contribution in [3.05, 3.63) is 89.0 Å². The molecular weight excluding hydrogens is 532 g/mol. The molecule has 216 valence electrons. The third kappa shape index (κ3) is 5.76. The molecule has 9 heteroatoms. The quantitative estimate of drug-likeness (QED) is 0.138. The van der Waals surface area contributed by atoms with Crippen molar-refractivity contribution in [2.24, 2.45) is 0 Å². The molecule has 0 unspecified atom stereocenters. The number of hydrogen-bond donors (Lipinski definition) is 2. The first-order valence-corrected chi connectivity index (χ1v) is 14.0. The van der Waals surface area contributed by atoms with Gasteiger partial charge in [0, 0.05) is 36.3 Å². The molecule has 0 fully saturated rings. The fourth-order valence-electron chi connectivity index (χ4n) is 5.38. The number of carboxylic acids is 1. The second-order valence-electron chi connectivity index (χ2n) is 10.5. The number of carboxylic acid groups (broad SMARTS) is 2. The highest BCUT2D eigenvalue weighted by atomic mass is 16.7. The molecule has 0 amide bonds. The minimum absolute atomic E-state index is 0.0202. The monoisotopic (exact) mass is 566 g/mol. The summed E-state index contributed by atoms with van der Waals surface area (Å²) in [6, 6.07) is 19.3. The second kappa shape index (κ2) is 11.9. The van der Waals surface area contributed by atoms with Gasteiger partial charge in [0.15, 0.2) is 0 Å². The van der Waals surface area contributed by atoms with E-state index in [9.17, 15) is 14.7 Å². The molecule has 0 spiro atoms. The lowest BCUT2D eigenvalue weighted by atomic mass is 10.0. The summed E-state index contributed by atoms with van der Waals surface area (Å²) in [7, 11) is 0. The summed E-state index contributed by atoms with van der Waals surface area (Å²) < 4.78 is 9.21. The van der Waals surface area contributed by atoms with E-state index in [0.717, 1.165) is 69.2 Å². The SMILES string of the molecule is CCCc1nc2c(C)cc(-c3nc(C)c(C)n3CCC(=O)O)cc2n1Cc1ccc(-c2ccccc2OC(=O)O)cc1. The van der Waals surface area contributed by atoms with Gasteiger partial charge in [0.1, 0.15) is 17.4 Å². The maximum Gasteiger partial charge on any atom is 0.511 e. The van der Waals surface area contributed by atoms with E-state index in [2.05, 4.69) is 30.5 Å². The highest BCUT2D eigenvalue weighted by molar-refractivity contribution is 5.85. The number of aryl methyl sites for hydroxylation is 3. The molecule has 42 heavy (non-hydrogen) atoms. The Morgan fingerprint density at radius 1 is 0.905 bits per heavy atom. The van der Waals surface area contributed by atoms with E-state index in [0.29, 0.717) is 24.4 Å². The first-order chi connectivity index (χ1) is 20.2. The molecule has 0 aliphatic rings. The number of aromatic nitrogens is 4. The van der Waals surface area contributed by atoms with E-state index in [4.69, 9.17) is 19.8 Å². The summed E-state index contributed by atoms with van der Waals surface area (Å²) in [5, 5.41) is 18.4. The summed E-state index contributed by atoms with van der Waals surface area (Å²) in [5.74, 6) is 1.20. The van der Waals surface area contributed by atoms with Gasteiger partial charge in [-0.05, 0) is 62.1 Å². The third-order valence-corrected chi connectivity index (χ3v) is 7.55. The predicted octanol–water partition coefficient (Wildman–Crippen LogP) is 7.02. The van der Waals surface area contributed by atoms with Crippen LogP contribution in [0.25, 0.3) is 33.5 Å². The molecule has 0 aliphatic heterocycles. The number of benzene rings is 3. The summed E-state index contributed by atoms with van der Waals surface area (Å²) in [4.78, 5) is 32.3. The van der Waals surface area contributed by atoms with Gasteiger partial charge in [-0.25, -0.2) is 14.8 Å². The van der Waals surface area contributed by atoms with Crippen LogP contribution in [-0.4, -0.2) is 41.4 Å². The summed E-state index contributed by atoms with van der Waals surface area (Å²) >= 11 is 0. The topological polar surface area (TPSA) is 119 Å². The van der Waals surface area contributed by atoms with Crippen LogP contribution in [0.3, 0.4) is 0 Å². The highest BCUT2D eigenvalue weighted by Crippen LogP contribution is 2.32. The molecule has 9 nitrogen and oxygen atoms in total. The first kappa shape index (κ1) is 28.6. The zero-order chi connectivity index (χ0) is 30.0. The van der Waals surface area contributed by atoms with E-state index in [1.807, 2.05) is 54.8 Å². The lowest BCUT2D eigenvalue weighted by molar-refractivity contribution is -0.137. The number of rotatable bonds is 10. The Bertz CT molecular complexity index is 1780. The van der Waals surface area contributed by atoms with E-state index < -0.39 is 12.1 Å². The van der Waals surface area contributed by atoms with Gasteiger partial charge in [-0.3, -0.25) is 4.79 Å². The molecule has 3 aromatic carbocycles. The van der Waals surface area contributed by atoms with Crippen LogP contribution in [0, 0.1) is 20.8 Å². The Labute approximate surface area is 244 Å². The molecule has 0 radical (unpaired) electrons. The fourth-order valence-corrected chi connectivity index (χ4v) is 5.38. The van der Waals surface area contributed by atoms with Crippen LogP contribution in [0.1, 0.15) is 48.1 Å². The number of fused-ring (bicyclic) bond motifs is 1. The Kier molecular flexibility index (Phi) is 8.10. The lowest BCUT2D eigenvalue weighted by Gasteiger charge is -2.13. The molecule has 2 N–H and O–H groups in total. The van der Waals surface area contributed by atoms with Crippen molar-refractivity contribution in [1.82, 2.24) is 19.1 Å². The predicted molar refractivity (Wildman–Crippen MR) is 161 cm³/mol. The number of aliphatic carboxylic acids is 1. The molecule has 0 saturated carbocycles. The number of nitrogens with zero attached hydrogens (tertiary/aromatic N) is 4. The van der Waals surface area contributed by atoms with Crippen molar-refractivity contribution in [3.8, 4) is 28.3 Å². The molecule has 2 heterocycles. The molecule has 2 aromatic heterocycles. The fraction of sp³-hybridized carbons (Fsp3) is 0.273. The minimum Gasteiger partial charge on any atom is -0.481 e. The Balaban J connectivity index is 1.54. The average molecular weight is 567 g/mol. The summed E-state index contributed by atoms with van der Waals surface area (Å²) in [5.41, 5.74) is 8.38. The first-order valence-electron chi connectivity index (χ1n) is 14.0. The van der Waals surface area contributed by atoms with Crippen LogP contribution in [-0.2, 0) is 24.3 Å². The number of imidazole rings is 2. The zero-order valence-corrected chi connectivity index (χ0v) is 24.2. The maximum absolute atomic E-state index is 11.3. The molecule has 0 atom stereocenters. The summed E-state index contributed by atoms with van der Waals surface area (Å²) in [6.07, 6.45) is 0.449. The Hall–Kier alpha value is -4.92. The average Bonchev–Trinajstić information content (AvgIpc) is 3.44. The van der Waals surface area contributed by atoms with E-state index in [-0.39, 0.29) is 6.42 Å². The smallest absolute Gasteiger partial charge is 0.481 e. The van der Waals surface area contributed by atoms with E-state index in [1.54, 1.807) is 12.1 Å². The Morgan fingerprint density at radius 3 is 2.33 bits per heavy atom. The molecular formula is C33H34N4O5. The van der Waals surface area contributed by atoms with Crippen molar-refractivity contribution < 1.29 is 24.5 Å². The molecule has 5 rings (SSSR count). The van der Waals surface area contributed by atoms with Crippen molar-refractivity contribution >= 4 is 23.2 Å². The molecule has 5 aromatic rings. The molecule has 0 bridgehead atoms. The minimum atomic E-state index is -1.35. The number of ether oxygens (including phenoxy) is 1. The van der Waals surface area contributed by atoms with Crippen molar-refractivity contribution in [2.45, 2.75) is 60.0 Å². The van der Waals surface area contributed by atoms with Gasteiger partial charge in [-0.1, -0.05) is 49.4 Å².